The molecule has 0 spiro atoms. The third-order valence-corrected chi connectivity index (χ3v) is 3.40. The van der Waals surface area contributed by atoms with Crippen LogP contribution in [0.15, 0.2) is 53.0 Å². The minimum atomic E-state index is -1.38. The number of hydrogen-bond donors (Lipinski definition) is 1. The first kappa shape index (κ1) is 21.0. The topological polar surface area (TPSA) is 115 Å². The van der Waals surface area contributed by atoms with Crippen LogP contribution in [0.5, 0.6) is 0 Å². The largest absolute Gasteiger partial charge is 1.00 e. The molecule has 0 aliphatic heterocycles. The molecule has 1 atom stereocenters. The first-order valence-corrected chi connectivity index (χ1v) is 6.65. The van der Waals surface area contributed by atoms with Gasteiger partial charge >= 0.3 is 29.6 Å². The second-order valence-electron chi connectivity index (χ2n) is 4.26. The fraction of sp³-hybridized carbons (Fsp3) is 0.0667. The average Bonchev–Trinajstić information content (AvgIpc) is 2.46. The van der Waals surface area contributed by atoms with Gasteiger partial charge in [-0.3, -0.25) is 4.79 Å². The van der Waals surface area contributed by atoms with Crippen LogP contribution in [0.1, 0.15) is 27.5 Å². The summed E-state index contributed by atoms with van der Waals surface area (Å²) in [5.74, 6) is -1.57. The fourth-order valence-electron chi connectivity index (χ4n) is 1.78. The standard InChI is InChI=1S/C15H12BrNO3.Na.H2O/c16-12-6-4-9(5-7-12)14(18)11-3-1-2-10(8-11)13(17)15(19)20;;/h1-8,13H,17H2,(H,19,20);;1H2/q;+1;/p-1. The van der Waals surface area contributed by atoms with Crippen molar-refractivity contribution in [2.45, 2.75) is 6.04 Å². The zero-order chi connectivity index (χ0) is 14.7. The zero-order valence-electron chi connectivity index (χ0n) is 11.9. The van der Waals surface area contributed by atoms with Crippen molar-refractivity contribution in [1.82, 2.24) is 0 Å². The molecular formula is C15H13BrNNaO4. The normalized spacial score (nSPS) is 10.8. The molecule has 0 aliphatic carbocycles. The molecule has 110 valence electrons. The maximum atomic E-state index is 12.3. The summed E-state index contributed by atoms with van der Waals surface area (Å²) in [7, 11) is 0. The number of carboxylic acid groups (broad SMARTS) is 1. The number of carbonyl (C=O) groups excluding carboxylic acids is 2. The number of halogens is 1. The van der Waals surface area contributed by atoms with E-state index < -0.39 is 12.0 Å². The first-order valence-electron chi connectivity index (χ1n) is 5.85. The Balaban J connectivity index is 0.00000220. The van der Waals surface area contributed by atoms with Crippen molar-refractivity contribution < 1.29 is 49.7 Å². The number of rotatable bonds is 4. The fourth-order valence-corrected chi connectivity index (χ4v) is 2.04. The van der Waals surface area contributed by atoms with Crippen LogP contribution in [0, 0.1) is 0 Å². The Labute approximate surface area is 158 Å². The second-order valence-corrected chi connectivity index (χ2v) is 5.17. The predicted octanol–water partition coefficient (Wildman–Crippen LogP) is -2.39. The molecule has 0 radical (unpaired) electrons. The van der Waals surface area contributed by atoms with Crippen LogP contribution in [0.25, 0.3) is 0 Å². The summed E-state index contributed by atoms with van der Waals surface area (Å²) in [5.41, 5.74) is 6.74. The van der Waals surface area contributed by atoms with E-state index in [0.29, 0.717) is 16.7 Å². The molecule has 1 unspecified atom stereocenters. The number of carbonyl (C=O) groups is 2. The minimum absolute atomic E-state index is 0. The first-order chi connectivity index (χ1) is 9.49. The smallest absolute Gasteiger partial charge is 0.548 e. The molecule has 0 aliphatic rings. The second kappa shape index (κ2) is 9.19. The van der Waals surface area contributed by atoms with Crippen LogP contribution < -0.4 is 40.4 Å². The Morgan fingerprint density at radius 2 is 1.64 bits per heavy atom. The molecule has 0 saturated heterocycles. The van der Waals surface area contributed by atoms with Gasteiger partial charge in [0.1, 0.15) is 0 Å². The van der Waals surface area contributed by atoms with Crippen LogP contribution in [0.3, 0.4) is 0 Å². The van der Waals surface area contributed by atoms with Gasteiger partial charge in [-0.1, -0.05) is 34.1 Å². The van der Waals surface area contributed by atoms with Crippen molar-refractivity contribution in [2.24, 2.45) is 5.73 Å². The van der Waals surface area contributed by atoms with Crippen LogP contribution >= 0.6 is 15.9 Å². The molecule has 0 bridgehead atoms. The summed E-state index contributed by atoms with van der Waals surface area (Å²) >= 11 is 3.30. The third kappa shape index (κ3) is 5.01. The van der Waals surface area contributed by atoms with Gasteiger partial charge in [-0.2, -0.15) is 0 Å². The molecule has 5 nitrogen and oxygen atoms in total. The van der Waals surface area contributed by atoms with Crippen molar-refractivity contribution >= 4 is 27.7 Å². The van der Waals surface area contributed by atoms with Crippen LogP contribution in [0.4, 0.5) is 0 Å². The van der Waals surface area contributed by atoms with E-state index in [1.807, 2.05) is 0 Å². The van der Waals surface area contributed by atoms with Gasteiger partial charge in [-0.25, -0.2) is 0 Å². The monoisotopic (exact) mass is 373 g/mol. The molecule has 7 heteroatoms. The maximum Gasteiger partial charge on any atom is 1.00 e. The number of aliphatic carboxylic acids is 1. The molecule has 2 rings (SSSR count). The average molecular weight is 374 g/mol. The number of carboxylic acids is 1. The molecule has 0 saturated carbocycles. The van der Waals surface area contributed by atoms with E-state index in [9.17, 15) is 14.7 Å². The molecule has 0 amide bonds. The van der Waals surface area contributed by atoms with Crippen molar-refractivity contribution in [3.8, 4) is 0 Å². The molecule has 0 aromatic heterocycles. The van der Waals surface area contributed by atoms with Gasteiger partial charge in [0.2, 0.25) is 0 Å². The zero-order valence-corrected chi connectivity index (χ0v) is 15.5. The van der Waals surface area contributed by atoms with Gasteiger partial charge in [0, 0.05) is 15.6 Å². The van der Waals surface area contributed by atoms with Gasteiger partial charge in [0.05, 0.1) is 12.0 Å². The Morgan fingerprint density at radius 1 is 1.05 bits per heavy atom. The van der Waals surface area contributed by atoms with Crippen molar-refractivity contribution in [1.29, 1.82) is 0 Å². The van der Waals surface area contributed by atoms with Gasteiger partial charge < -0.3 is 21.1 Å². The molecule has 4 N–H and O–H groups in total. The van der Waals surface area contributed by atoms with E-state index in [4.69, 9.17) is 5.73 Å². The van der Waals surface area contributed by atoms with E-state index in [0.717, 1.165) is 4.47 Å². The summed E-state index contributed by atoms with van der Waals surface area (Å²) < 4.78 is 0.877. The number of ketones is 1. The van der Waals surface area contributed by atoms with Gasteiger partial charge in [-0.05, 0) is 35.9 Å². The van der Waals surface area contributed by atoms with Crippen molar-refractivity contribution in [2.75, 3.05) is 0 Å². The summed E-state index contributed by atoms with van der Waals surface area (Å²) in [6.45, 7) is 0. The van der Waals surface area contributed by atoms with Crippen molar-refractivity contribution in [3.63, 3.8) is 0 Å². The minimum Gasteiger partial charge on any atom is -0.548 e. The number of benzene rings is 2. The molecule has 2 aromatic carbocycles. The van der Waals surface area contributed by atoms with Gasteiger partial charge in [0.15, 0.2) is 5.78 Å². The summed E-state index contributed by atoms with van der Waals surface area (Å²) in [5, 5.41) is 10.8. The van der Waals surface area contributed by atoms with E-state index in [1.165, 1.54) is 6.07 Å². The van der Waals surface area contributed by atoms with Gasteiger partial charge in [-0.15, -0.1) is 0 Å². The van der Waals surface area contributed by atoms with E-state index in [-0.39, 0.29) is 40.8 Å². The quantitative estimate of drug-likeness (QED) is 0.475. The van der Waals surface area contributed by atoms with E-state index >= 15 is 0 Å². The Morgan fingerprint density at radius 3 is 2.18 bits per heavy atom. The van der Waals surface area contributed by atoms with Crippen molar-refractivity contribution in [3.05, 3.63) is 69.7 Å². The van der Waals surface area contributed by atoms with Crippen LogP contribution in [0.2, 0.25) is 0 Å². The van der Waals surface area contributed by atoms with Crippen LogP contribution in [-0.2, 0) is 4.79 Å². The predicted molar refractivity (Wildman–Crippen MR) is 79.6 cm³/mol. The Hall–Kier alpha value is -1.02. The Kier molecular flexibility index (Phi) is 8.77. The third-order valence-electron chi connectivity index (χ3n) is 2.87. The maximum absolute atomic E-state index is 12.3. The molecular weight excluding hydrogens is 361 g/mol. The SMILES string of the molecule is NC(C(=O)[O-])c1cccc(C(=O)c2ccc(Br)cc2)c1.O.[Na+]. The summed E-state index contributed by atoms with van der Waals surface area (Å²) in [6.07, 6.45) is 0. The van der Waals surface area contributed by atoms with E-state index in [1.54, 1.807) is 42.5 Å². The number of nitrogens with two attached hydrogens (primary N) is 1. The molecule has 0 heterocycles. The summed E-state index contributed by atoms with van der Waals surface area (Å²) in [6, 6.07) is 11.9. The van der Waals surface area contributed by atoms with Gasteiger partial charge in [0.25, 0.3) is 0 Å². The number of hydrogen-bond acceptors (Lipinski definition) is 4. The molecule has 22 heavy (non-hydrogen) atoms. The van der Waals surface area contributed by atoms with Crippen LogP contribution in [-0.4, -0.2) is 17.2 Å². The molecule has 0 fully saturated rings. The Bertz CT molecular complexity index is 661. The van der Waals surface area contributed by atoms with E-state index in [2.05, 4.69) is 15.9 Å². The molecule has 2 aromatic rings. The summed E-state index contributed by atoms with van der Waals surface area (Å²) in [4.78, 5) is 23.0.